The summed E-state index contributed by atoms with van der Waals surface area (Å²) in [6, 6.07) is -0.00182. The van der Waals surface area contributed by atoms with Gasteiger partial charge in [0, 0.05) is 32.8 Å². The summed E-state index contributed by atoms with van der Waals surface area (Å²) in [6.07, 6.45) is 5.15. The number of amides is 3. The maximum atomic E-state index is 12.6. The van der Waals surface area contributed by atoms with Crippen LogP contribution in [0, 0.1) is 5.92 Å². The van der Waals surface area contributed by atoms with Crippen LogP contribution in [0.1, 0.15) is 32.1 Å². The van der Waals surface area contributed by atoms with Crippen LogP contribution in [0.15, 0.2) is 0 Å². The van der Waals surface area contributed by atoms with Gasteiger partial charge >= 0.3 is 6.03 Å². The lowest BCUT2D eigenvalue weighted by molar-refractivity contribution is -0.144. The summed E-state index contributed by atoms with van der Waals surface area (Å²) in [5.41, 5.74) is 0. The molecular formula is C15H25N3O3. The number of carbonyl (C=O) groups excluding carboxylic acids is 2. The van der Waals surface area contributed by atoms with E-state index < -0.39 is 0 Å². The molecule has 0 radical (unpaired) electrons. The normalized spacial score (nSPS) is 29.3. The van der Waals surface area contributed by atoms with Gasteiger partial charge in [-0.1, -0.05) is 0 Å². The number of hydrogen-bond acceptors (Lipinski definition) is 3. The first kappa shape index (κ1) is 14.6. The Morgan fingerprint density at radius 1 is 1.38 bits per heavy atom. The molecule has 21 heavy (non-hydrogen) atoms. The van der Waals surface area contributed by atoms with Crippen LogP contribution in [-0.4, -0.2) is 67.2 Å². The molecule has 2 bridgehead atoms. The van der Waals surface area contributed by atoms with E-state index in [-0.39, 0.29) is 18.0 Å². The van der Waals surface area contributed by atoms with Crippen molar-refractivity contribution in [1.82, 2.24) is 15.1 Å². The molecule has 2 saturated heterocycles. The predicted octanol–water partition coefficient (Wildman–Crippen LogP) is 0.818. The molecule has 2 atom stereocenters. The van der Waals surface area contributed by atoms with Gasteiger partial charge in [0.25, 0.3) is 0 Å². The van der Waals surface area contributed by atoms with Gasteiger partial charge in [0.05, 0.1) is 6.61 Å². The lowest BCUT2D eigenvalue weighted by Gasteiger charge is -2.46. The Morgan fingerprint density at radius 2 is 2.19 bits per heavy atom. The van der Waals surface area contributed by atoms with E-state index in [0.29, 0.717) is 31.7 Å². The Bertz CT molecular complexity index is 411. The molecule has 3 aliphatic rings. The molecular weight excluding hydrogens is 270 g/mol. The lowest BCUT2D eigenvalue weighted by atomic mass is 9.86. The van der Waals surface area contributed by atoms with E-state index in [2.05, 4.69) is 5.32 Å². The van der Waals surface area contributed by atoms with Crippen molar-refractivity contribution in [3.8, 4) is 0 Å². The third kappa shape index (κ3) is 3.00. The second-order valence-electron chi connectivity index (χ2n) is 6.45. The molecule has 2 aliphatic heterocycles. The number of rotatable bonds is 4. The molecule has 0 aromatic heterocycles. The standard InChI is InChI=1S/C15H25N3O3/c1-21-8-7-17-10-11-5-6-18(13(9-11)14(17)19)15(20)16-12-3-2-4-12/h11-13H,2-10H2,1H3,(H,16,20)/t11-,13+/m0/s1. The van der Waals surface area contributed by atoms with Gasteiger partial charge in [0.15, 0.2) is 0 Å². The minimum absolute atomic E-state index is 0.0508. The summed E-state index contributed by atoms with van der Waals surface area (Å²) >= 11 is 0. The Labute approximate surface area is 125 Å². The molecule has 0 unspecified atom stereocenters. The zero-order chi connectivity index (χ0) is 14.8. The molecule has 1 aliphatic carbocycles. The summed E-state index contributed by atoms with van der Waals surface area (Å²) in [5.74, 6) is 0.615. The number of fused-ring (bicyclic) bond motifs is 2. The first-order valence-corrected chi connectivity index (χ1v) is 8.04. The summed E-state index contributed by atoms with van der Waals surface area (Å²) in [4.78, 5) is 28.6. The fourth-order valence-corrected chi connectivity index (χ4v) is 3.51. The molecule has 2 heterocycles. The van der Waals surface area contributed by atoms with Crippen molar-refractivity contribution in [2.24, 2.45) is 5.92 Å². The van der Waals surface area contributed by atoms with Crippen LogP contribution in [0.25, 0.3) is 0 Å². The number of urea groups is 1. The largest absolute Gasteiger partial charge is 0.383 e. The van der Waals surface area contributed by atoms with E-state index in [0.717, 1.165) is 32.2 Å². The Kier molecular flexibility index (Phi) is 4.33. The van der Waals surface area contributed by atoms with Gasteiger partial charge in [-0.15, -0.1) is 0 Å². The van der Waals surface area contributed by atoms with Crippen LogP contribution in [0.5, 0.6) is 0 Å². The molecule has 0 spiro atoms. The highest BCUT2D eigenvalue weighted by atomic mass is 16.5. The average Bonchev–Trinajstić information content (AvgIpc) is 2.45. The maximum Gasteiger partial charge on any atom is 0.318 e. The van der Waals surface area contributed by atoms with Crippen LogP contribution < -0.4 is 5.32 Å². The van der Waals surface area contributed by atoms with Gasteiger partial charge < -0.3 is 19.9 Å². The van der Waals surface area contributed by atoms with E-state index in [9.17, 15) is 9.59 Å². The topological polar surface area (TPSA) is 61.9 Å². The van der Waals surface area contributed by atoms with Gasteiger partial charge in [0.2, 0.25) is 5.91 Å². The van der Waals surface area contributed by atoms with Crippen molar-refractivity contribution in [3.63, 3.8) is 0 Å². The number of nitrogens with one attached hydrogen (secondary N) is 1. The zero-order valence-electron chi connectivity index (χ0n) is 12.7. The fourth-order valence-electron chi connectivity index (χ4n) is 3.51. The van der Waals surface area contributed by atoms with Gasteiger partial charge in [-0.3, -0.25) is 4.79 Å². The molecule has 3 rings (SSSR count). The molecule has 6 nitrogen and oxygen atoms in total. The summed E-state index contributed by atoms with van der Waals surface area (Å²) in [7, 11) is 1.65. The first-order valence-electron chi connectivity index (χ1n) is 8.04. The van der Waals surface area contributed by atoms with Crippen LogP contribution in [-0.2, 0) is 9.53 Å². The third-order valence-corrected chi connectivity index (χ3v) is 5.05. The highest BCUT2D eigenvalue weighted by molar-refractivity contribution is 5.88. The first-order chi connectivity index (χ1) is 10.2. The van der Waals surface area contributed by atoms with E-state index in [1.807, 2.05) is 4.90 Å². The number of carbonyl (C=O) groups is 2. The van der Waals surface area contributed by atoms with Crippen molar-refractivity contribution < 1.29 is 14.3 Å². The smallest absolute Gasteiger partial charge is 0.318 e. The van der Waals surface area contributed by atoms with E-state index in [1.165, 1.54) is 6.42 Å². The van der Waals surface area contributed by atoms with E-state index >= 15 is 0 Å². The van der Waals surface area contributed by atoms with Gasteiger partial charge in [-0.25, -0.2) is 4.79 Å². The van der Waals surface area contributed by atoms with Crippen LogP contribution >= 0.6 is 0 Å². The van der Waals surface area contributed by atoms with Crippen molar-refractivity contribution >= 4 is 11.9 Å². The van der Waals surface area contributed by atoms with Crippen LogP contribution in [0.4, 0.5) is 4.79 Å². The van der Waals surface area contributed by atoms with Gasteiger partial charge in [-0.2, -0.15) is 0 Å². The fraction of sp³-hybridized carbons (Fsp3) is 0.867. The van der Waals surface area contributed by atoms with E-state index in [4.69, 9.17) is 4.74 Å². The maximum absolute atomic E-state index is 12.6. The van der Waals surface area contributed by atoms with Crippen LogP contribution in [0.2, 0.25) is 0 Å². The second-order valence-corrected chi connectivity index (χ2v) is 6.45. The molecule has 3 fully saturated rings. The van der Waals surface area contributed by atoms with Crippen molar-refractivity contribution in [3.05, 3.63) is 0 Å². The highest BCUT2D eigenvalue weighted by Crippen LogP contribution is 2.30. The SMILES string of the molecule is COCCN1C[C@H]2CCN(C(=O)NC3CCC3)[C@H](C2)C1=O. The predicted molar refractivity (Wildman–Crippen MR) is 77.8 cm³/mol. The Balaban J connectivity index is 1.63. The number of piperidine rings is 2. The monoisotopic (exact) mass is 295 g/mol. The number of ether oxygens (including phenoxy) is 1. The summed E-state index contributed by atoms with van der Waals surface area (Å²) in [5, 5.41) is 3.06. The van der Waals surface area contributed by atoms with Crippen molar-refractivity contribution in [2.45, 2.75) is 44.2 Å². The molecule has 118 valence electrons. The molecule has 6 heteroatoms. The number of hydrogen-bond donors (Lipinski definition) is 1. The van der Waals surface area contributed by atoms with Crippen molar-refractivity contribution in [1.29, 1.82) is 0 Å². The number of likely N-dealkylation sites (tertiary alicyclic amines) is 2. The number of nitrogens with zero attached hydrogens (tertiary/aromatic N) is 2. The van der Waals surface area contributed by atoms with Crippen LogP contribution in [0.3, 0.4) is 0 Å². The minimum atomic E-state index is -0.269. The third-order valence-electron chi connectivity index (χ3n) is 5.05. The number of methoxy groups -OCH3 is 1. The molecule has 3 amide bonds. The van der Waals surface area contributed by atoms with Gasteiger partial charge in [-0.05, 0) is 38.0 Å². The molecule has 0 aromatic rings. The van der Waals surface area contributed by atoms with Crippen molar-refractivity contribution in [2.75, 3.05) is 33.4 Å². The Hall–Kier alpha value is -1.30. The van der Waals surface area contributed by atoms with Gasteiger partial charge in [0.1, 0.15) is 6.04 Å². The molecule has 1 N–H and O–H groups in total. The Morgan fingerprint density at radius 3 is 2.86 bits per heavy atom. The minimum Gasteiger partial charge on any atom is -0.383 e. The highest BCUT2D eigenvalue weighted by Gasteiger charge is 2.43. The zero-order valence-corrected chi connectivity index (χ0v) is 12.7. The second kappa shape index (κ2) is 6.22. The molecule has 0 aromatic carbocycles. The average molecular weight is 295 g/mol. The summed E-state index contributed by atoms with van der Waals surface area (Å²) in [6.45, 7) is 2.70. The van der Waals surface area contributed by atoms with E-state index in [1.54, 1.807) is 12.0 Å². The lowest BCUT2D eigenvalue weighted by Crippen LogP contribution is -2.63. The quantitative estimate of drug-likeness (QED) is 0.835. The summed E-state index contributed by atoms with van der Waals surface area (Å²) < 4.78 is 5.08. The molecule has 1 saturated carbocycles.